The third-order valence-electron chi connectivity index (χ3n) is 2.42. The molecule has 0 aliphatic rings. The van der Waals surface area contributed by atoms with Crippen LogP contribution in [0.1, 0.15) is 30.6 Å². The first kappa shape index (κ1) is 14.0. The lowest BCUT2D eigenvalue weighted by molar-refractivity contribution is -0.118. The lowest BCUT2D eigenvalue weighted by Crippen LogP contribution is -2.36. The molecule has 4 N–H and O–H groups in total. The van der Waals surface area contributed by atoms with Crippen molar-refractivity contribution in [2.75, 3.05) is 11.9 Å². The van der Waals surface area contributed by atoms with Gasteiger partial charge in [0.25, 0.3) is 5.91 Å². The fourth-order valence-corrected chi connectivity index (χ4v) is 1.68. The van der Waals surface area contributed by atoms with E-state index in [1.807, 2.05) is 19.1 Å². The summed E-state index contributed by atoms with van der Waals surface area (Å²) in [5.41, 5.74) is 6.43. The zero-order chi connectivity index (χ0) is 13.5. The quantitative estimate of drug-likeness (QED) is 0.706. The number of para-hydroxylation sites is 1. The van der Waals surface area contributed by atoms with Crippen molar-refractivity contribution in [2.45, 2.75) is 26.3 Å². The van der Waals surface area contributed by atoms with Gasteiger partial charge in [-0.2, -0.15) is 0 Å². The summed E-state index contributed by atoms with van der Waals surface area (Å²) >= 11 is 0. The summed E-state index contributed by atoms with van der Waals surface area (Å²) in [6.07, 6.45) is 0.134. The van der Waals surface area contributed by atoms with E-state index in [0.29, 0.717) is 5.56 Å². The number of nitrogens with two attached hydrogens (primary N) is 1. The Morgan fingerprint density at radius 2 is 2.00 bits per heavy atom. The highest BCUT2D eigenvalue weighted by molar-refractivity contribution is 5.99. The molecule has 1 aromatic rings. The van der Waals surface area contributed by atoms with Gasteiger partial charge in [0.05, 0.1) is 5.56 Å². The molecule has 18 heavy (non-hydrogen) atoms. The molecule has 5 heteroatoms. The number of rotatable bonds is 6. The molecule has 0 aliphatic heterocycles. The Balaban J connectivity index is 2.74. The van der Waals surface area contributed by atoms with E-state index in [9.17, 15) is 9.59 Å². The molecule has 0 heterocycles. The minimum atomic E-state index is -0.428. The van der Waals surface area contributed by atoms with Gasteiger partial charge < -0.3 is 16.4 Å². The average Bonchev–Trinajstić information content (AvgIpc) is 2.28. The van der Waals surface area contributed by atoms with Crippen LogP contribution in [0.15, 0.2) is 24.3 Å². The van der Waals surface area contributed by atoms with Gasteiger partial charge in [-0.1, -0.05) is 12.1 Å². The van der Waals surface area contributed by atoms with Crippen molar-refractivity contribution < 1.29 is 9.59 Å². The molecule has 1 aromatic carbocycles. The fourth-order valence-electron chi connectivity index (χ4n) is 1.68. The Kier molecular flexibility index (Phi) is 5.17. The van der Waals surface area contributed by atoms with Crippen molar-refractivity contribution in [3.63, 3.8) is 0 Å². The van der Waals surface area contributed by atoms with Gasteiger partial charge in [0.15, 0.2) is 0 Å². The van der Waals surface area contributed by atoms with Crippen molar-refractivity contribution in [1.29, 1.82) is 0 Å². The molecule has 0 spiro atoms. The van der Waals surface area contributed by atoms with Crippen LogP contribution in [0.4, 0.5) is 5.69 Å². The maximum absolute atomic E-state index is 12.0. The van der Waals surface area contributed by atoms with Crippen molar-refractivity contribution >= 4 is 17.5 Å². The van der Waals surface area contributed by atoms with Crippen LogP contribution in [0, 0.1) is 0 Å². The normalized spacial score (nSPS) is 11.7. The van der Waals surface area contributed by atoms with E-state index in [1.54, 1.807) is 19.1 Å². The Bertz CT molecular complexity index is 432. The summed E-state index contributed by atoms with van der Waals surface area (Å²) in [5, 5.41) is 5.87. The van der Waals surface area contributed by atoms with E-state index in [-0.39, 0.29) is 18.4 Å². The van der Waals surface area contributed by atoms with Crippen LogP contribution in [-0.2, 0) is 4.79 Å². The number of carbonyl (C=O) groups excluding carboxylic acids is 2. The molecule has 0 bridgehead atoms. The zero-order valence-corrected chi connectivity index (χ0v) is 10.7. The molecule has 0 aliphatic carbocycles. The van der Waals surface area contributed by atoms with Crippen LogP contribution in [-0.4, -0.2) is 24.4 Å². The molecule has 0 saturated carbocycles. The summed E-state index contributed by atoms with van der Waals surface area (Å²) in [6.45, 7) is 4.45. The third-order valence-corrected chi connectivity index (χ3v) is 2.42. The molecule has 0 radical (unpaired) electrons. The van der Waals surface area contributed by atoms with Gasteiger partial charge in [-0.05, 0) is 26.0 Å². The Labute approximate surface area is 107 Å². The molecule has 1 atom stereocenters. The zero-order valence-electron chi connectivity index (χ0n) is 10.7. The van der Waals surface area contributed by atoms with Crippen molar-refractivity contribution in [3.8, 4) is 0 Å². The SMILES string of the molecule is CCNc1ccccc1C(=O)NC(C)CC(N)=O. The van der Waals surface area contributed by atoms with Crippen LogP contribution in [0.3, 0.4) is 0 Å². The second kappa shape index (κ2) is 6.64. The maximum Gasteiger partial charge on any atom is 0.253 e. The van der Waals surface area contributed by atoms with E-state index in [1.165, 1.54) is 0 Å². The number of primary amides is 1. The number of anilines is 1. The van der Waals surface area contributed by atoms with Crippen LogP contribution in [0.2, 0.25) is 0 Å². The lowest BCUT2D eigenvalue weighted by Gasteiger charge is -2.14. The fraction of sp³-hybridized carbons (Fsp3) is 0.385. The van der Waals surface area contributed by atoms with E-state index in [2.05, 4.69) is 10.6 Å². The third kappa shape index (κ3) is 4.08. The Morgan fingerprint density at radius 3 is 2.61 bits per heavy atom. The van der Waals surface area contributed by atoms with Crippen molar-refractivity contribution in [2.24, 2.45) is 5.73 Å². The van der Waals surface area contributed by atoms with Crippen molar-refractivity contribution in [1.82, 2.24) is 5.32 Å². The minimum absolute atomic E-state index is 0.134. The number of amides is 2. The maximum atomic E-state index is 12.0. The predicted octanol–water partition coefficient (Wildman–Crippen LogP) is 1.11. The van der Waals surface area contributed by atoms with Gasteiger partial charge in [-0.3, -0.25) is 9.59 Å². The average molecular weight is 249 g/mol. The molecule has 0 saturated heterocycles. The van der Waals surface area contributed by atoms with Crippen LogP contribution >= 0.6 is 0 Å². The second-order valence-corrected chi connectivity index (χ2v) is 4.12. The monoisotopic (exact) mass is 249 g/mol. The summed E-state index contributed by atoms with van der Waals surface area (Å²) in [5.74, 6) is -0.636. The summed E-state index contributed by atoms with van der Waals surface area (Å²) in [7, 11) is 0. The molecule has 98 valence electrons. The first-order chi connectivity index (χ1) is 8.54. The largest absolute Gasteiger partial charge is 0.385 e. The molecule has 0 aromatic heterocycles. The van der Waals surface area contributed by atoms with Gasteiger partial charge in [-0.15, -0.1) is 0 Å². The lowest BCUT2D eigenvalue weighted by atomic mass is 10.1. The minimum Gasteiger partial charge on any atom is -0.385 e. The van der Waals surface area contributed by atoms with Crippen LogP contribution in [0.5, 0.6) is 0 Å². The second-order valence-electron chi connectivity index (χ2n) is 4.12. The summed E-state index contributed by atoms with van der Waals surface area (Å²) in [6, 6.07) is 6.97. The van der Waals surface area contributed by atoms with Gasteiger partial charge in [0.1, 0.15) is 0 Å². The van der Waals surface area contributed by atoms with Gasteiger partial charge in [0, 0.05) is 24.7 Å². The molecular weight excluding hydrogens is 230 g/mol. The molecule has 5 nitrogen and oxygen atoms in total. The summed E-state index contributed by atoms with van der Waals surface area (Å²) in [4.78, 5) is 22.8. The Morgan fingerprint density at radius 1 is 1.33 bits per heavy atom. The van der Waals surface area contributed by atoms with Gasteiger partial charge >= 0.3 is 0 Å². The highest BCUT2D eigenvalue weighted by Crippen LogP contribution is 2.14. The molecule has 1 unspecified atom stereocenters. The topological polar surface area (TPSA) is 84.2 Å². The highest BCUT2D eigenvalue weighted by atomic mass is 16.2. The highest BCUT2D eigenvalue weighted by Gasteiger charge is 2.14. The van der Waals surface area contributed by atoms with E-state index >= 15 is 0 Å². The predicted molar refractivity (Wildman–Crippen MR) is 71.3 cm³/mol. The first-order valence-electron chi connectivity index (χ1n) is 5.96. The van der Waals surface area contributed by atoms with Gasteiger partial charge in [0.2, 0.25) is 5.91 Å². The number of benzene rings is 1. The van der Waals surface area contributed by atoms with E-state index in [4.69, 9.17) is 5.73 Å². The molecular formula is C13H19N3O2. The number of nitrogens with one attached hydrogen (secondary N) is 2. The first-order valence-corrected chi connectivity index (χ1v) is 5.96. The smallest absolute Gasteiger partial charge is 0.253 e. The summed E-state index contributed by atoms with van der Waals surface area (Å²) < 4.78 is 0. The standard InChI is InChI=1S/C13H19N3O2/c1-3-15-11-7-5-4-6-10(11)13(18)16-9(2)8-12(14)17/h4-7,9,15H,3,8H2,1-2H3,(H2,14,17)(H,16,18). The number of hydrogen-bond acceptors (Lipinski definition) is 3. The van der Waals surface area contributed by atoms with Crippen molar-refractivity contribution in [3.05, 3.63) is 29.8 Å². The molecule has 1 rings (SSSR count). The van der Waals surface area contributed by atoms with E-state index < -0.39 is 5.91 Å². The Hall–Kier alpha value is -2.04. The number of carbonyl (C=O) groups is 2. The molecule has 0 fully saturated rings. The van der Waals surface area contributed by atoms with Gasteiger partial charge in [-0.25, -0.2) is 0 Å². The van der Waals surface area contributed by atoms with Crippen LogP contribution in [0.25, 0.3) is 0 Å². The molecule has 2 amide bonds. The number of hydrogen-bond donors (Lipinski definition) is 3. The van der Waals surface area contributed by atoms with E-state index in [0.717, 1.165) is 12.2 Å². The van der Waals surface area contributed by atoms with Crippen LogP contribution < -0.4 is 16.4 Å².